The van der Waals surface area contributed by atoms with E-state index in [2.05, 4.69) is 5.32 Å². The van der Waals surface area contributed by atoms with Gasteiger partial charge in [-0.15, -0.1) is 0 Å². The Morgan fingerprint density at radius 3 is 2.16 bits per heavy atom. The summed E-state index contributed by atoms with van der Waals surface area (Å²) in [4.78, 5) is 28.2. The molecule has 0 heterocycles. The van der Waals surface area contributed by atoms with E-state index in [1.165, 1.54) is 25.7 Å². The Labute approximate surface area is 151 Å². The molecule has 0 aliphatic heterocycles. The molecule has 1 aliphatic rings. The molecule has 1 N–H and O–H groups in total. The highest BCUT2D eigenvalue weighted by Gasteiger charge is 2.22. The molecule has 1 aromatic rings. The van der Waals surface area contributed by atoms with Crippen LogP contribution in [0.3, 0.4) is 0 Å². The molecule has 1 aromatic carbocycles. The molecule has 5 heteroatoms. The molecule has 0 unspecified atom stereocenters. The Balaban J connectivity index is 1.86. The molecular formula is C20H31N3O2. The maximum Gasteiger partial charge on any atom is 0.226 e. The molecule has 0 atom stereocenters. The van der Waals surface area contributed by atoms with Gasteiger partial charge in [-0.05, 0) is 37.1 Å². The van der Waals surface area contributed by atoms with Crippen LogP contribution in [0.1, 0.15) is 51.9 Å². The Bertz CT molecular complexity index is 561. The van der Waals surface area contributed by atoms with Crippen molar-refractivity contribution in [1.82, 2.24) is 4.90 Å². The summed E-state index contributed by atoms with van der Waals surface area (Å²) >= 11 is 0. The summed E-state index contributed by atoms with van der Waals surface area (Å²) in [7, 11) is 3.97. The minimum absolute atomic E-state index is 0.0440. The third kappa shape index (κ3) is 6.07. The lowest BCUT2D eigenvalue weighted by molar-refractivity contribution is -0.131. The number of amides is 2. The second-order valence-corrected chi connectivity index (χ2v) is 7.10. The Kier molecular flexibility index (Phi) is 7.29. The summed E-state index contributed by atoms with van der Waals surface area (Å²) in [6, 6.07) is 8.06. The van der Waals surface area contributed by atoms with E-state index < -0.39 is 0 Å². The van der Waals surface area contributed by atoms with E-state index in [4.69, 9.17) is 0 Å². The molecule has 0 bridgehead atoms. The van der Waals surface area contributed by atoms with Gasteiger partial charge in [-0.3, -0.25) is 9.59 Å². The lowest BCUT2D eigenvalue weighted by Gasteiger charge is -2.30. The average molecular weight is 345 g/mol. The molecule has 2 rings (SSSR count). The van der Waals surface area contributed by atoms with Crippen LogP contribution in [0.2, 0.25) is 0 Å². The molecule has 1 saturated carbocycles. The number of anilines is 2. The zero-order valence-corrected chi connectivity index (χ0v) is 15.8. The zero-order chi connectivity index (χ0) is 18.2. The van der Waals surface area contributed by atoms with Crippen molar-refractivity contribution in [3.05, 3.63) is 24.3 Å². The maximum absolute atomic E-state index is 12.2. The monoisotopic (exact) mass is 345 g/mol. The lowest BCUT2D eigenvalue weighted by Crippen LogP contribution is -2.40. The standard InChI is InChI=1S/C20H31N3O2/c1-16(24)23(19-8-6-4-5-7-9-19)15-14-20(25)21-17-10-12-18(13-11-17)22(2)3/h10-13,19H,4-9,14-15H2,1-3H3,(H,21,25). The van der Waals surface area contributed by atoms with Crippen molar-refractivity contribution in [2.24, 2.45) is 0 Å². The highest BCUT2D eigenvalue weighted by molar-refractivity contribution is 5.91. The van der Waals surface area contributed by atoms with E-state index in [0.717, 1.165) is 24.2 Å². The highest BCUT2D eigenvalue weighted by atomic mass is 16.2. The number of carbonyl (C=O) groups excluding carboxylic acids is 2. The van der Waals surface area contributed by atoms with Crippen molar-refractivity contribution < 1.29 is 9.59 Å². The van der Waals surface area contributed by atoms with Crippen LogP contribution in [0.25, 0.3) is 0 Å². The fourth-order valence-electron chi connectivity index (χ4n) is 3.46. The van der Waals surface area contributed by atoms with Crippen molar-refractivity contribution in [2.75, 3.05) is 30.9 Å². The van der Waals surface area contributed by atoms with Crippen molar-refractivity contribution in [2.45, 2.75) is 57.9 Å². The predicted molar refractivity (Wildman–Crippen MR) is 103 cm³/mol. The number of nitrogens with zero attached hydrogens (tertiary/aromatic N) is 2. The predicted octanol–water partition coefficient (Wildman–Crippen LogP) is 3.65. The Morgan fingerprint density at radius 2 is 1.64 bits per heavy atom. The van der Waals surface area contributed by atoms with Crippen LogP contribution in [0.5, 0.6) is 0 Å². The number of carbonyl (C=O) groups is 2. The Morgan fingerprint density at radius 1 is 1.04 bits per heavy atom. The van der Waals surface area contributed by atoms with Gasteiger partial charge in [0, 0.05) is 51.4 Å². The van der Waals surface area contributed by atoms with Crippen molar-refractivity contribution in [3.8, 4) is 0 Å². The van der Waals surface area contributed by atoms with Gasteiger partial charge < -0.3 is 15.1 Å². The normalized spacial score (nSPS) is 15.3. The molecule has 2 amide bonds. The van der Waals surface area contributed by atoms with Crippen molar-refractivity contribution in [1.29, 1.82) is 0 Å². The summed E-state index contributed by atoms with van der Waals surface area (Å²) < 4.78 is 0. The zero-order valence-electron chi connectivity index (χ0n) is 15.8. The van der Waals surface area contributed by atoms with Gasteiger partial charge in [-0.2, -0.15) is 0 Å². The van der Waals surface area contributed by atoms with Gasteiger partial charge in [0.2, 0.25) is 11.8 Å². The minimum Gasteiger partial charge on any atom is -0.378 e. The summed E-state index contributed by atoms with van der Waals surface area (Å²) in [6.45, 7) is 2.12. The van der Waals surface area contributed by atoms with Crippen LogP contribution >= 0.6 is 0 Å². The topological polar surface area (TPSA) is 52.7 Å². The third-order valence-electron chi connectivity index (χ3n) is 4.92. The molecule has 0 radical (unpaired) electrons. The maximum atomic E-state index is 12.2. The first-order valence-corrected chi connectivity index (χ1v) is 9.32. The first-order chi connectivity index (χ1) is 12.0. The molecular weight excluding hydrogens is 314 g/mol. The van der Waals surface area contributed by atoms with Gasteiger partial charge in [0.1, 0.15) is 0 Å². The van der Waals surface area contributed by atoms with Gasteiger partial charge >= 0.3 is 0 Å². The number of nitrogens with one attached hydrogen (secondary N) is 1. The first-order valence-electron chi connectivity index (χ1n) is 9.32. The molecule has 0 spiro atoms. The molecule has 0 saturated heterocycles. The summed E-state index contributed by atoms with van der Waals surface area (Å²) in [6.07, 6.45) is 7.33. The number of rotatable bonds is 6. The molecule has 1 aliphatic carbocycles. The van der Waals surface area contributed by atoms with Crippen LogP contribution in [-0.4, -0.2) is 43.4 Å². The first kappa shape index (κ1) is 19.3. The molecule has 0 aromatic heterocycles. The van der Waals surface area contributed by atoms with E-state index in [0.29, 0.717) is 19.0 Å². The number of benzene rings is 1. The SMILES string of the molecule is CC(=O)N(CCC(=O)Nc1ccc(N(C)C)cc1)C1CCCCCC1. The summed E-state index contributed by atoms with van der Waals surface area (Å²) in [5, 5.41) is 2.92. The van der Waals surface area contributed by atoms with Gasteiger partial charge in [0.25, 0.3) is 0 Å². The van der Waals surface area contributed by atoms with E-state index in [1.54, 1.807) is 6.92 Å². The number of hydrogen-bond donors (Lipinski definition) is 1. The van der Waals surface area contributed by atoms with Crippen LogP contribution in [0.15, 0.2) is 24.3 Å². The lowest BCUT2D eigenvalue weighted by atomic mass is 10.1. The van der Waals surface area contributed by atoms with Crippen molar-refractivity contribution >= 4 is 23.2 Å². The van der Waals surface area contributed by atoms with Gasteiger partial charge in [-0.25, -0.2) is 0 Å². The summed E-state index contributed by atoms with van der Waals surface area (Å²) in [5.74, 6) is 0.0347. The minimum atomic E-state index is -0.0440. The van der Waals surface area contributed by atoms with E-state index >= 15 is 0 Å². The molecule has 138 valence electrons. The van der Waals surface area contributed by atoms with E-state index in [9.17, 15) is 9.59 Å². The van der Waals surface area contributed by atoms with Crippen molar-refractivity contribution in [3.63, 3.8) is 0 Å². The quantitative estimate of drug-likeness (QED) is 0.801. The van der Waals surface area contributed by atoms with E-state index in [-0.39, 0.29) is 11.8 Å². The van der Waals surface area contributed by atoms with Gasteiger partial charge in [0.05, 0.1) is 0 Å². The highest BCUT2D eigenvalue weighted by Crippen LogP contribution is 2.22. The smallest absolute Gasteiger partial charge is 0.226 e. The molecule has 1 fully saturated rings. The number of hydrogen-bond acceptors (Lipinski definition) is 3. The fourth-order valence-corrected chi connectivity index (χ4v) is 3.46. The third-order valence-corrected chi connectivity index (χ3v) is 4.92. The van der Waals surface area contributed by atoms with Crippen LogP contribution in [0, 0.1) is 0 Å². The summed E-state index contributed by atoms with van der Waals surface area (Å²) in [5.41, 5.74) is 1.88. The van der Waals surface area contributed by atoms with Gasteiger partial charge in [0.15, 0.2) is 0 Å². The van der Waals surface area contributed by atoms with E-state index in [1.807, 2.05) is 48.2 Å². The second kappa shape index (κ2) is 9.44. The largest absolute Gasteiger partial charge is 0.378 e. The molecule has 25 heavy (non-hydrogen) atoms. The molecule has 5 nitrogen and oxygen atoms in total. The van der Waals surface area contributed by atoms with Gasteiger partial charge in [-0.1, -0.05) is 25.7 Å². The van der Waals surface area contributed by atoms with Crippen LogP contribution in [0.4, 0.5) is 11.4 Å². The average Bonchev–Trinajstić information content (AvgIpc) is 2.84. The van der Waals surface area contributed by atoms with Crippen LogP contribution < -0.4 is 10.2 Å². The fraction of sp³-hybridized carbons (Fsp3) is 0.600. The van der Waals surface area contributed by atoms with Crippen LogP contribution in [-0.2, 0) is 9.59 Å². The Hall–Kier alpha value is -2.04. The second-order valence-electron chi connectivity index (χ2n) is 7.10.